The fourth-order valence-electron chi connectivity index (χ4n) is 9.51. The van der Waals surface area contributed by atoms with Crippen LogP contribution in [0.1, 0.15) is 0 Å². The van der Waals surface area contributed by atoms with Crippen LogP contribution in [-0.4, -0.2) is 0 Å². The standard InChI is InChI=1S/C58H35NO2S/c1-3-12-36(13-4-1)39-30-40(37-14-5-2-6-15-37)32-41(31-39)38-22-25-45-48-18-11-19-49-51(27-29-54(58(48)49)61-55(45)33-38)59(42-24-28-53-50(34-42)44-16-7-9-20-52(44)60-53)43-23-26-47-46-17-8-10-21-56(46)62-57(47)35-43/h1-35H. The maximum atomic E-state index is 6.95. The summed E-state index contributed by atoms with van der Waals surface area (Å²) < 4.78 is 15.8. The lowest BCUT2D eigenvalue weighted by atomic mass is 9.90. The number of furan rings is 1. The van der Waals surface area contributed by atoms with Gasteiger partial charge in [0.1, 0.15) is 22.7 Å². The van der Waals surface area contributed by atoms with Crippen LogP contribution in [0.4, 0.5) is 17.1 Å². The van der Waals surface area contributed by atoms with Crippen LogP contribution >= 0.6 is 11.3 Å². The first kappa shape index (κ1) is 34.9. The summed E-state index contributed by atoms with van der Waals surface area (Å²) in [7, 11) is 0. The quantitative estimate of drug-likeness (QED) is 0.167. The van der Waals surface area contributed by atoms with Crippen LogP contribution < -0.4 is 9.64 Å². The molecule has 10 aromatic carbocycles. The SMILES string of the molecule is c1ccc(-c2cc(-c3ccccc3)cc(-c3ccc4c(c3)Oc3ccc(N(c5ccc6c(c5)sc5ccccc56)c5ccc6oc7ccccc7c6c5)c5cccc-4c35)c2)cc1. The highest BCUT2D eigenvalue weighted by Crippen LogP contribution is 2.52. The lowest BCUT2D eigenvalue weighted by Crippen LogP contribution is -2.11. The lowest BCUT2D eigenvalue weighted by molar-refractivity contribution is 0.487. The van der Waals surface area contributed by atoms with Crippen molar-refractivity contribution in [2.75, 3.05) is 4.90 Å². The second kappa shape index (κ2) is 13.8. The van der Waals surface area contributed by atoms with E-state index < -0.39 is 0 Å². The van der Waals surface area contributed by atoms with Crippen LogP contribution in [0.25, 0.3) is 97.4 Å². The van der Waals surface area contributed by atoms with E-state index in [2.05, 4.69) is 205 Å². The molecule has 4 heteroatoms. The monoisotopic (exact) mass is 809 g/mol. The van der Waals surface area contributed by atoms with Crippen LogP contribution in [0.2, 0.25) is 0 Å². The van der Waals surface area contributed by atoms with Crippen LogP contribution in [-0.2, 0) is 0 Å². The lowest BCUT2D eigenvalue weighted by Gasteiger charge is -2.29. The first-order valence-electron chi connectivity index (χ1n) is 21.0. The Hall–Kier alpha value is -7.92. The third kappa shape index (κ3) is 5.58. The third-order valence-electron chi connectivity index (χ3n) is 12.4. The first-order chi connectivity index (χ1) is 30.7. The van der Waals surface area contributed by atoms with E-state index in [1.807, 2.05) is 23.5 Å². The summed E-state index contributed by atoms with van der Waals surface area (Å²) in [6, 6.07) is 76.2. The van der Waals surface area contributed by atoms with Gasteiger partial charge >= 0.3 is 0 Å². The number of nitrogens with zero attached hydrogens (tertiary/aromatic N) is 1. The van der Waals surface area contributed by atoms with Crippen molar-refractivity contribution in [1.82, 2.24) is 0 Å². The Labute approximate surface area is 361 Å². The predicted molar refractivity (Wildman–Crippen MR) is 261 cm³/mol. The number of ether oxygens (including phenoxy) is 1. The highest BCUT2D eigenvalue weighted by Gasteiger charge is 2.25. The molecule has 0 bridgehead atoms. The largest absolute Gasteiger partial charge is 0.456 e. The van der Waals surface area contributed by atoms with Gasteiger partial charge in [-0.1, -0.05) is 127 Å². The second-order valence-corrected chi connectivity index (χ2v) is 17.1. The van der Waals surface area contributed by atoms with Crippen LogP contribution in [0.15, 0.2) is 217 Å². The van der Waals surface area contributed by atoms with E-state index in [9.17, 15) is 0 Å². The molecule has 0 saturated carbocycles. The summed E-state index contributed by atoms with van der Waals surface area (Å²) in [5.74, 6) is 1.70. The van der Waals surface area contributed by atoms with Gasteiger partial charge in [0.25, 0.3) is 0 Å². The molecular weight excluding hydrogens is 775 g/mol. The molecule has 12 aromatic rings. The zero-order valence-electron chi connectivity index (χ0n) is 33.4. The van der Waals surface area contributed by atoms with Gasteiger partial charge in [0.2, 0.25) is 0 Å². The van der Waals surface area contributed by atoms with Gasteiger partial charge in [0.15, 0.2) is 0 Å². The van der Waals surface area contributed by atoms with Crippen molar-refractivity contribution in [3.8, 4) is 56.0 Å². The minimum Gasteiger partial charge on any atom is -0.456 e. The van der Waals surface area contributed by atoms with E-state index in [-0.39, 0.29) is 0 Å². The van der Waals surface area contributed by atoms with E-state index >= 15 is 0 Å². The van der Waals surface area contributed by atoms with Crippen molar-refractivity contribution < 1.29 is 9.15 Å². The maximum Gasteiger partial charge on any atom is 0.136 e. The first-order valence-corrected chi connectivity index (χ1v) is 21.8. The Kier molecular flexibility index (Phi) is 7.78. The number of hydrogen-bond donors (Lipinski definition) is 0. The highest BCUT2D eigenvalue weighted by atomic mass is 32.1. The topological polar surface area (TPSA) is 25.6 Å². The smallest absolute Gasteiger partial charge is 0.136 e. The van der Waals surface area contributed by atoms with Crippen molar-refractivity contribution in [1.29, 1.82) is 0 Å². The fourth-order valence-corrected chi connectivity index (χ4v) is 10.7. The molecule has 0 saturated heterocycles. The Morgan fingerprint density at radius 2 is 0.984 bits per heavy atom. The zero-order valence-corrected chi connectivity index (χ0v) is 34.2. The number of rotatable bonds is 6. The summed E-state index contributed by atoms with van der Waals surface area (Å²) in [5.41, 5.74) is 14.2. The number of anilines is 3. The van der Waals surface area contributed by atoms with Gasteiger partial charge in [-0.15, -0.1) is 11.3 Å². The summed E-state index contributed by atoms with van der Waals surface area (Å²) in [6.45, 7) is 0. The van der Waals surface area contributed by atoms with Crippen LogP contribution in [0, 0.1) is 0 Å². The van der Waals surface area contributed by atoms with E-state index in [1.54, 1.807) is 0 Å². The number of hydrogen-bond acceptors (Lipinski definition) is 4. The van der Waals surface area contributed by atoms with E-state index in [0.29, 0.717) is 0 Å². The van der Waals surface area contributed by atoms with Gasteiger partial charge in [-0.2, -0.15) is 0 Å². The van der Waals surface area contributed by atoms with Crippen molar-refractivity contribution in [2.45, 2.75) is 0 Å². The Morgan fingerprint density at radius 3 is 1.79 bits per heavy atom. The molecular formula is C58H35NO2S. The molecule has 0 aliphatic carbocycles. The Bertz CT molecular complexity index is 3680. The third-order valence-corrected chi connectivity index (χ3v) is 13.6. The van der Waals surface area contributed by atoms with E-state index in [4.69, 9.17) is 9.15 Å². The molecule has 1 aliphatic rings. The van der Waals surface area contributed by atoms with Gasteiger partial charge in [-0.3, -0.25) is 0 Å². The summed E-state index contributed by atoms with van der Waals surface area (Å²) in [6.07, 6.45) is 0. The van der Waals surface area contributed by atoms with Crippen molar-refractivity contribution in [2.24, 2.45) is 0 Å². The minimum atomic E-state index is 0.850. The predicted octanol–water partition coefficient (Wildman–Crippen LogP) is 17.4. The van der Waals surface area contributed by atoms with Crippen molar-refractivity contribution in [3.63, 3.8) is 0 Å². The molecule has 290 valence electrons. The number of para-hydroxylation sites is 1. The van der Waals surface area contributed by atoms with Crippen molar-refractivity contribution in [3.05, 3.63) is 212 Å². The molecule has 0 spiro atoms. The molecule has 62 heavy (non-hydrogen) atoms. The van der Waals surface area contributed by atoms with Gasteiger partial charge in [0, 0.05) is 58.7 Å². The fraction of sp³-hybridized carbons (Fsp3) is 0. The number of benzene rings is 10. The average Bonchev–Trinajstić information content (AvgIpc) is 3.90. The van der Waals surface area contributed by atoms with Gasteiger partial charge < -0.3 is 14.1 Å². The minimum absolute atomic E-state index is 0.850. The Balaban J connectivity index is 0.969. The van der Waals surface area contributed by atoms with Gasteiger partial charge in [0.05, 0.1) is 5.69 Å². The summed E-state index contributed by atoms with van der Waals surface area (Å²) in [5, 5.41) is 6.98. The molecule has 0 N–H and O–H groups in total. The molecule has 0 unspecified atom stereocenters. The summed E-state index contributed by atoms with van der Waals surface area (Å²) >= 11 is 1.84. The molecule has 0 amide bonds. The van der Waals surface area contributed by atoms with Crippen LogP contribution in [0.3, 0.4) is 0 Å². The maximum absolute atomic E-state index is 6.95. The molecule has 13 rings (SSSR count). The molecule has 0 atom stereocenters. The van der Waals surface area contributed by atoms with Gasteiger partial charge in [-0.25, -0.2) is 0 Å². The Morgan fingerprint density at radius 1 is 0.339 bits per heavy atom. The molecule has 0 fully saturated rings. The molecule has 3 heterocycles. The zero-order chi connectivity index (χ0) is 40.7. The normalized spacial score (nSPS) is 12.0. The highest BCUT2D eigenvalue weighted by molar-refractivity contribution is 7.25. The van der Waals surface area contributed by atoms with E-state index in [1.165, 1.54) is 42.4 Å². The summed E-state index contributed by atoms with van der Waals surface area (Å²) in [4.78, 5) is 2.40. The van der Waals surface area contributed by atoms with Gasteiger partial charge in [-0.05, 0) is 124 Å². The average molecular weight is 810 g/mol. The molecule has 3 nitrogen and oxygen atoms in total. The number of thiophene rings is 1. The van der Waals surface area contributed by atoms with Crippen molar-refractivity contribution >= 4 is 81.3 Å². The molecule has 2 aromatic heterocycles. The molecule has 0 radical (unpaired) electrons. The number of fused-ring (bicyclic) bond motifs is 8. The molecule has 1 aliphatic heterocycles. The van der Waals surface area contributed by atoms with Crippen LogP contribution in [0.5, 0.6) is 11.5 Å². The van der Waals surface area contributed by atoms with E-state index in [0.717, 1.165) is 83.5 Å². The second-order valence-electron chi connectivity index (χ2n) is 16.0.